The predicted octanol–water partition coefficient (Wildman–Crippen LogP) is 3.92. The van der Waals surface area contributed by atoms with Crippen LogP contribution in [0.5, 0.6) is 0 Å². The lowest BCUT2D eigenvalue weighted by atomic mass is 9.88. The molecule has 1 aromatic carbocycles. The van der Waals surface area contributed by atoms with Crippen molar-refractivity contribution >= 4 is 22.6 Å². The summed E-state index contributed by atoms with van der Waals surface area (Å²) < 4.78 is 5.18. The van der Waals surface area contributed by atoms with Crippen LogP contribution in [0.4, 0.5) is 5.95 Å². The van der Waals surface area contributed by atoms with Crippen LogP contribution in [0.2, 0.25) is 0 Å². The van der Waals surface area contributed by atoms with Gasteiger partial charge in [-0.3, -0.25) is 14.8 Å². The molecule has 3 aromatic rings. The molecule has 3 heterocycles. The molecule has 4 rings (SSSR count). The predicted molar refractivity (Wildman–Crippen MR) is 135 cm³/mol. The second-order valence-corrected chi connectivity index (χ2v) is 9.83. The van der Waals surface area contributed by atoms with Gasteiger partial charge in [0.2, 0.25) is 5.95 Å². The first-order valence-electron chi connectivity index (χ1n) is 12.5. The summed E-state index contributed by atoms with van der Waals surface area (Å²) >= 11 is 0. The maximum Gasteiger partial charge on any atom is 0.245 e. The van der Waals surface area contributed by atoms with Crippen molar-refractivity contribution in [2.24, 2.45) is 11.8 Å². The molecule has 1 saturated heterocycles. The van der Waals surface area contributed by atoms with E-state index in [0.717, 1.165) is 64.1 Å². The minimum absolute atomic E-state index is 0.0473. The van der Waals surface area contributed by atoms with E-state index < -0.39 is 0 Å². The van der Waals surface area contributed by atoms with Crippen molar-refractivity contribution in [2.75, 3.05) is 51.3 Å². The van der Waals surface area contributed by atoms with Gasteiger partial charge >= 0.3 is 0 Å². The van der Waals surface area contributed by atoms with E-state index in [-0.39, 0.29) is 11.7 Å². The Hall–Kier alpha value is -2.71. The zero-order valence-corrected chi connectivity index (χ0v) is 20.7. The average Bonchev–Trinajstić information content (AvgIpc) is 3.49. The van der Waals surface area contributed by atoms with Crippen LogP contribution in [0.25, 0.3) is 10.9 Å². The van der Waals surface area contributed by atoms with Crippen LogP contribution >= 0.6 is 0 Å². The number of carbonyl (C=O) groups excluding carboxylic acids is 1. The lowest BCUT2D eigenvalue weighted by Crippen LogP contribution is -2.47. The van der Waals surface area contributed by atoms with Gasteiger partial charge in [0.05, 0.1) is 6.61 Å². The molecule has 8 nitrogen and oxygen atoms in total. The van der Waals surface area contributed by atoms with E-state index >= 15 is 0 Å². The lowest BCUT2D eigenvalue weighted by molar-refractivity contribution is 0.0947. The number of hydrogen-bond donors (Lipinski definition) is 2. The molecule has 34 heavy (non-hydrogen) atoms. The van der Waals surface area contributed by atoms with Gasteiger partial charge in [0.15, 0.2) is 11.6 Å². The number of rotatable bonds is 12. The fourth-order valence-electron chi connectivity index (χ4n) is 4.73. The summed E-state index contributed by atoms with van der Waals surface area (Å²) in [4.78, 5) is 25.6. The minimum atomic E-state index is 0.0473. The number of ketones is 1. The number of aromatic amines is 2. The summed E-state index contributed by atoms with van der Waals surface area (Å²) in [6.07, 6.45) is 5.58. The van der Waals surface area contributed by atoms with E-state index in [1.807, 2.05) is 6.07 Å². The molecule has 2 aromatic heterocycles. The SMILES string of the molecule is COCCN1CCN(c2n[nH]c(C(=O)CC(CCC(C)C)Cc3c[nH]c4ccccc34)n2)CC1. The fourth-order valence-corrected chi connectivity index (χ4v) is 4.73. The zero-order chi connectivity index (χ0) is 23.9. The normalized spacial score (nSPS) is 15.9. The van der Waals surface area contributed by atoms with E-state index in [2.05, 4.69) is 68.2 Å². The molecule has 0 spiro atoms. The van der Waals surface area contributed by atoms with Gasteiger partial charge in [0.25, 0.3) is 0 Å². The number of anilines is 1. The van der Waals surface area contributed by atoms with Crippen molar-refractivity contribution in [3.63, 3.8) is 0 Å². The number of carbonyl (C=O) groups is 1. The number of nitrogens with zero attached hydrogens (tertiary/aromatic N) is 4. The summed E-state index contributed by atoms with van der Waals surface area (Å²) in [7, 11) is 1.73. The molecule has 1 unspecified atom stereocenters. The Morgan fingerprint density at radius 1 is 1.15 bits per heavy atom. The molecule has 0 saturated carbocycles. The molecular formula is C26H38N6O2. The van der Waals surface area contributed by atoms with E-state index in [0.29, 0.717) is 24.1 Å². The van der Waals surface area contributed by atoms with Crippen molar-refractivity contribution < 1.29 is 9.53 Å². The summed E-state index contributed by atoms with van der Waals surface area (Å²) in [6.45, 7) is 9.77. The first-order valence-corrected chi connectivity index (χ1v) is 12.5. The Labute approximate surface area is 202 Å². The van der Waals surface area contributed by atoms with Crippen molar-refractivity contribution in [3.05, 3.63) is 41.9 Å². The molecule has 2 N–H and O–H groups in total. The largest absolute Gasteiger partial charge is 0.383 e. The molecule has 1 aliphatic heterocycles. The second kappa shape index (κ2) is 11.6. The number of ether oxygens (including phenoxy) is 1. The Balaban J connectivity index is 1.38. The van der Waals surface area contributed by atoms with Crippen molar-refractivity contribution in [2.45, 2.75) is 39.5 Å². The smallest absolute Gasteiger partial charge is 0.245 e. The van der Waals surface area contributed by atoms with Gasteiger partial charge in [-0.15, -0.1) is 5.10 Å². The number of para-hydroxylation sites is 1. The van der Waals surface area contributed by atoms with Crippen LogP contribution in [0.3, 0.4) is 0 Å². The topological polar surface area (TPSA) is 90.1 Å². The number of fused-ring (bicyclic) bond motifs is 1. The quantitative estimate of drug-likeness (QED) is 0.393. The van der Waals surface area contributed by atoms with Gasteiger partial charge in [-0.1, -0.05) is 38.5 Å². The summed E-state index contributed by atoms with van der Waals surface area (Å²) in [5.41, 5.74) is 2.43. The highest BCUT2D eigenvalue weighted by Gasteiger charge is 2.23. The van der Waals surface area contributed by atoms with Gasteiger partial charge in [0.1, 0.15) is 0 Å². The molecule has 184 valence electrons. The first-order chi connectivity index (χ1) is 16.5. The van der Waals surface area contributed by atoms with Crippen LogP contribution in [0.15, 0.2) is 30.5 Å². The standard InChI is InChI=1S/C26H38N6O2/c1-19(2)8-9-20(16-21-18-27-23-7-5-4-6-22(21)23)17-24(33)25-28-26(30-29-25)32-12-10-31(11-13-32)14-15-34-3/h4-7,18-20,27H,8-17H2,1-3H3,(H,28,29,30). The molecule has 0 radical (unpaired) electrons. The van der Waals surface area contributed by atoms with Crippen LogP contribution in [-0.4, -0.2) is 77.3 Å². The first kappa shape index (κ1) is 24.4. The van der Waals surface area contributed by atoms with E-state index in [1.54, 1.807) is 7.11 Å². The van der Waals surface area contributed by atoms with E-state index in [9.17, 15) is 4.79 Å². The number of Topliss-reactive ketones (excluding diaryl/α,β-unsaturated/α-hetero) is 1. The van der Waals surface area contributed by atoms with E-state index in [4.69, 9.17) is 4.74 Å². The molecular weight excluding hydrogens is 428 g/mol. The molecule has 1 aliphatic rings. The highest BCUT2D eigenvalue weighted by Crippen LogP contribution is 2.26. The fraction of sp³-hybridized carbons (Fsp3) is 0.577. The number of aromatic nitrogens is 4. The maximum atomic E-state index is 13.2. The highest BCUT2D eigenvalue weighted by atomic mass is 16.5. The third-order valence-corrected chi connectivity index (χ3v) is 6.81. The molecule has 1 fully saturated rings. The second-order valence-electron chi connectivity index (χ2n) is 9.83. The van der Waals surface area contributed by atoms with Gasteiger partial charge in [-0.2, -0.15) is 4.98 Å². The number of piperazine rings is 1. The van der Waals surface area contributed by atoms with E-state index in [1.165, 1.54) is 10.9 Å². The molecule has 0 bridgehead atoms. The molecule has 0 aliphatic carbocycles. The third kappa shape index (κ3) is 6.24. The number of methoxy groups -OCH3 is 1. The van der Waals surface area contributed by atoms with Crippen LogP contribution < -0.4 is 4.90 Å². The number of hydrogen-bond acceptors (Lipinski definition) is 6. The van der Waals surface area contributed by atoms with Crippen LogP contribution in [0.1, 0.15) is 49.3 Å². The zero-order valence-electron chi connectivity index (χ0n) is 20.7. The Morgan fingerprint density at radius 2 is 1.94 bits per heavy atom. The monoisotopic (exact) mass is 466 g/mol. The van der Waals surface area contributed by atoms with Crippen molar-refractivity contribution in [1.29, 1.82) is 0 Å². The Bertz CT molecular complexity index is 1050. The minimum Gasteiger partial charge on any atom is -0.383 e. The van der Waals surface area contributed by atoms with Crippen LogP contribution in [-0.2, 0) is 11.2 Å². The lowest BCUT2D eigenvalue weighted by Gasteiger charge is -2.33. The maximum absolute atomic E-state index is 13.2. The van der Waals surface area contributed by atoms with Gasteiger partial charge in [-0.25, -0.2) is 0 Å². The number of nitrogens with one attached hydrogen (secondary N) is 2. The van der Waals surface area contributed by atoms with Gasteiger partial charge in [-0.05, 0) is 36.3 Å². The highest BCUT2D eigenvalue weighted by molar-refractivity contribution is 5.93. The van der Waals surface area contributed by atoms with Crippen molar-refractivity contribution in [3.8, 4) is 0 Å². The molecule has 1 atom stereocenters. The molecule has 8 heteroatoms. The summed E-state index contributed by atoms with van der Waals surface area (Å²) in [5, 5.41) is 8.53. The number of H-pyrrole nitrogens is 2. The summed E-state index contributed by atoms with van der Waals surface area (Å²) in [6, 6.07) is 8.37. The van der Waals surface area contributed by atoms with Crippen LogP contribution in [0, 0.1) is 11.8 Å². The third-order valence-electron chi connectivity index (χ3n) is 6.81. The van der Waals surface area contributed by atoms with Gasteiger partial charge < -0.3 is 14.6 Å². The Morgan fingerprint density at radius 3 is 2.71 bits per heavy atom. The Kier molecular flexibility index (Phi) is 8.34. The molecule has 0 amide bonds. The van der Waals surface area contributed by atoms with Crippen molar-refractivity contribution in [1.82, 2.24) is 25.1 Å². The van der Waals surface area contributed by atoms with Gasteiger partial charge in [0, 0.05) is 63.4 Å². The average molecular weight is 467 g/mol. The number of benzene rings is 1. The summed E-state index contributed by atoms with van der Waals surface area (Å²) in [5.74, 6) is 1.94.